The Kier molecular flexibility index (Phi) is 8.13. The number of hydrogen-bond acceptors (Lipinski definition) is 2. The Bertz CT molecular complexity index is 595. The van der Waals surface area contributed by atoms with E-state index in [-0.39, 0.29) is 31.7 Å². The molecule has 2 unspecified atom stereocenters. The molecule has 0 aliphatic carbocycles. The molecular formula is C18H23F6NO2. The van der Waals surface area contributed by atoms with E-state index in [1.165, 1.54) is 0 Å². The lowest BCUT2D eigenvalue weighted by Gasteiger charge is -2.21. The van der Waals surface area contributed by atoms with Crippen molar-refractivity contribution in [3.63, 3.8) is 0 Å². The summed E-state index contributed by atoms with van der Waals surface area (Å²) in [5, 5.41) is 9.04. The van der Waals surface area contributed by atoms with Gasteiger partial charge in [0.05, 0.1) is 17.0 Å². The minimum Gasteiger partial charge on any atom is -0.481 e. The fraction of sp³-hybridized carbons (Fsp3) is 0.611. The van der Waals surface area contributed by atoms with Gasteiger partial charge in [-0.3, -0.25) is 4.79 Å². The van der Waals surface area contributed by atoms with Crippen LogP contribution in [0, 0.1) is 11.8 Å². The summed E-state index contributed by atoms with van der Waals surface area (Å²) < 4.78 is 78.8. The second kappa shape index (κ2) is 9.43. The fourth-order valence-corrected chi connectivity index (χ4v) is 3.14. The second-order valence-electron chi connectivity index (χ2n) is 6.50. The summed E-state index contributed by atoms with van der Waals surface area (Å²) in [5.41, 5.74) is 2.07. The molecule has 0 aromatic heterocycles. The first-order valence-electron chi connectivity index (χ1n) is 8.60. The predicted octanol–water partition coefficient (Wildman–Crippen LogP) is 5.12. The maximum absolute atomic E-state index is 13.1. The number of rotatable bonds is 9. The van der Waals surface area contributed by atoms with Crippen LogP contribution in [0.15, 0.2) is 18.2 Å². The lowest BCUT2D eigenvalue weighted by atomic mass is 9.87. The van der Waals surface area contributed by atoms with Gasteiger partial charge < -0.3 is 10.8 Å². The highest BCUT2D eigenvalue weighted by Crippen LogP contribution is 2.40. The van der Waals surface area contributed by atoms with Gasteiger partial charge >= 0.3 is 18.3 Å². The van der Waals surface area contributed by atoms with Gasteiger partial charge in [0.1, 0.15) is 0 Å². The summed E-state index contributed by atoms with van der Waals surface area (Å²) in [6, 6.07) is 2.05. The first kappa shape index (κ1) is 23.3. The lowest BCUT2D eigenvalue weighted by molar-refractivity contribution is -0.145. The van der Waals surface area contributed by atoms with E-state index in [1.54, 1.807) is 6.92 Å². The Balaban J connectivity index is 2.96. The molecule has 1 rings (SSSR count). The van der Waals surface area contributed by atoms with E-state index in [0.29, 0.717) is 25.0 Å². The molecule has 0 aliphatic rings. The van der Waals surface area contributed by atoms with Gasteiger partial charge in [-0.2, -0.15) is 26.3 Å². The molecule has 154 valence electrons. The number of aliphatic carboxylic acids is 1. The van der Waals surface area contributed by atoms with Crippen LogP contribution in [0.5, 0.6) is 0 Å². The average molecular weight is 399 g/mol. The molecule has 27 heavy (non-hydrogen) atoms. The highest BCUT2D eigenvalue weighted by molar-refractivity contribution is 5.70. The number of nitrogens with two attached hydrogens (primary N) is 1. The smallest absolute Gasteiger partial charge is 0.416 e. The van der Waals surface area contributed by atoms with Gasteiger partial charge in [0.2, 0.25) is 0 Å². The highest BCUT2D eigenvalue weighted by atomic mass is 19.4. The molecule has 0 heterocycles. The molecule has 3 N–H and O–H groups in total. The molecule has 9 heteroatoms. The maximum Gasteiger partial charge on any atom is 0.416 e. The standard InChI is InChI=1S/C18H23F6NO2/c1-2-11(9-12(10-25)16(26)27)5-3-6-13-14(17(19,20)21)7-4-8-15(13)18(22,23)24/h4,7-8,11-12H,2-3,5-6,9-10,25H2,1H3,(H,26,27). The zero-order chi connectivity index (χ0) is 20.8. The summed E-state index contributed by atoms with van der Waals surface area (Å²) >= 11 is 0. The molecule has 1 aromatic rings. The molecule has 0 saturated heterocycles. The maximum atomic E-state index is 13.1. The number of hydrogen-bond donors (Lipinski definition) is 2. The number of benzene rings is 1. The van der Waals surface area contributed by atoms with Crippen molar-refractivity contribution in [2.45, 2.75) is 51.4 Å². The van der Waals surface area contributed by atoms with Gasteiger partial charge in [0.15, 0.2) is 0 Å². The molecule has 0 bridgehead atoms. The van der Waals surface area contributed by atoms with Crippen molar-refractivity contribution >= 4 is 5.97 Å². The zero-order valence-corrected chi connectivity index (χ0v) is 14.8. The third-order valence-electron chi connectivity index (χ3n) is 4.65. The van der Waals surface area contributed by atoms with E-state index < -0.39 is 40.9 Å². The number of carbonyl (C=O) groups is 1. The van der Waals surface area contributed by atoms with E-state index >= 15 is 0 Å². The van der Waals surface area contributed by atoms with E-state index in [2.05, 4.69) is 0 Å². The third-order valence-corrected chi connectivity index (χ3v) is 4.65. The van der Waals surface area contributed by atoms with Crippen LogP contribution in [-0.4, -0.2) is 17.6 Å². The molecule has 0 amide bonds. The van der Waals surface area contributed by atoms with Crippen LogP contribution >= 0.6 is 0 Å². The normalized spacial score (nSPS) is 14.8. The Morgan fingerprint density at radius 2 is 1.63 bits per heavy atom. The van der Waals surface area contributed by atoms with Crippen LogP contribution in [0.25, 0.3) is 0 Å². The van der Waals surface area contributed by atoms with Crippen LogP contribution in [0.2, 0.25) is 0 Å². The van der Waals surface area contributed by atoms with Crippen molar-refractivity contribution in [1.29, 1.82) is 0 Å². The Morgan fingerprint density at radius 1 is 1.11 bits per heavy atom. The van der Waals surface area contributed by atoms with E-state index in [1.807, 2.05) is 0 Å². The minimum absolute atomic E-state index is 0.0685. The van der Waals surface area contributed by atoms with Gasteiger partial charge in [-0.05, 0) is 42.9 Å². The Morgan fingerprint density at radius 3 is 2.00 bits per heavy atom. The Labute approximate surface area is 153 Å². The zero-order valence-electron chi connectivity index (χ0n) is 14.8. The molecule has 1 aromatic carbocycles. The molecule has 0 fully saturated rings. The average Bonchev–Trinajstić information content (AvgIpc) is 2.55. The summed E-state index contributed by atoms with van der Waals surface area (Å²) in [4.78, 5) is 11.1. The SMILES string of the molecule is CCC(CCCc1c(C(F)(F)F)cccc1C(F)(F)F)CC(CN)C(=O)O. The van der Waals surface area contributed by atoms with Crippen molar-refractivity contribution in [2.75, 3.05) is 6.54 Å². The quantitative estimate of drug-likeness (QED) is 0.567. The van der Waals surface area contributed by atoms with Crippen molar-refractivity contribution in [1.82, 2.24) is 0 Å². The van der Waals surface area contributed by atoms with E-state index in [9.17, 15) is 31.1 Å². The van der Waals surface area contributed by atoms with Gasteiger partial charge in [-0.25, -0.2) is 0 Å². The number of carboxylic acids is 1. The second-order valence-corrected chi connectivity index (χ2v) is 6.50. The molecule has 0 radical (unpaired) electrons. The van der Waals surface area contributed by atoms with Crippen molar-refractivity contribution in [3.05, 3.63) is 34.9 Å². The fourth-order valence-electron chi connectivity index (χ4n) is 3.14. The number of halogens is 6. The topological polar surface area (TPSA) is 63.3 Å². The van der Waals surface area contributed by atoms with Gasteiger partial charge in [0.25, 0.3) is 0 Å². The van der Waals surface area contributed by atoms with Gasteiger partial charge in [-0.15, -0.1) is 0 Å². The van der Waals surface area contributed by atoms with Crippen LogP contribution in [0.3, 0.4) is 0 Å². The lowest BCUT2D eigenvalue weighted by Crippen LogP contribution is -2.25. The van der Waals surface area contributed by atoms with Crippen LogP contribution in [0.4, 0.5) is 26.3 Å². The third kappa shape index (κ3) is 6.71. The summed E-state index contributed by atoms with van der Waals surface area (Å²) in [6.07, 6.45) is -8.92. The molecule has 0 spiro atoms. The largest absolute Gasteiger partial charge is 0.481 e. The van der Waals surface area contributed by atoms with Crippen LogP contribution in [-0.2, 0) is 23.6 Å². The van der Waals surface area contributed by atoms with E-state index in [0.717, 1.165) is 6.07 Å². The number of carboxylic acid groups (broad SMARTS) is 1. The van der Waals surface area contributed by atoms with Gasteiger partial charge in [-0.1, -0.05) is 25.8 Å². The molecular weight excluding hydrogens is 376 g/mol. The molecule has 2 atom stereocenters. The van der Waals surface area contributed by atoms with Gasteiger partial charge in [0, 0.05) is 6.54 Å². The monoisotopic (exact) mass is 399 g/mol. The predicted molar refractivity (Wildman–Crippen MR) is 88.0 cm³/mol. The minimum atomic E-state index is -4.88. The van der Waals surface area contributed by atoms with Crippen molar-refractivity contribution in [3.8, 4) is 0 Å². The summed E-state index contributed by atoms with van der Waals surface area (Å²) in [7, 11) is 0. The molecule has 0 aliphatic heterocycles. The van der Waals surface area contributed by atoms with Crippen LogP contribution < -0.4 is 5.73 Å². The Hall–Kier alpha value is -1.77. The van der Waals surface area contributed by atoms with Crippen LogP contribution in [0.1, 0.15) is 49.3 Å². The van der Waals surface area contributed by atoms with Crippen molar-refractivity contribution in [2.24, 2.45) is 17.6 Å². The van der Waals surface area contributed by atoms with E-state index in [4.69, 9.17) is 10.8 Å². The summed E-state index contributed by atoms with van der Waals surface area (Å²) in [6.45, 7) is 1.73. The highest BCUT2D eigenvalue weighted by Gasteiger charge is 2.40. The molecule has 0 saturated carbocycles. The first-order valence-corrected chi connectivity index (χ1v) is 8.60. The summed E-state index contributed by atoms with van der Waals surface area (Å²) in [5.74, 6) is -1.97. The van der Waals surface area contributed by atoms with Crippen molar-refractivity contribution < 1.29 is 36.2 Å². The molecule has 3 nitrogen and oxygen atoms in total. The number of alkyl halides is 6. The first-order chi connectivity index (χ1) is 12.4.